The van der Waals surface area contributed by atoms with Crippen LogP contribution in [0.3, 0.4) is 0 Å². The van der Waals surface area contributed by atoms with E-state index in [2.05, 4.69) is 5.32 Å². The van der Waals surface area contributed by atoms with Crippen molar-refractivity contribution in [3.8, 4) is 0 Å². The fourth-order valence-corrected chi connectivity index (χ4v) is 2.97. The largest absolute Gasteiger partial charge is 0.324 e. The van der Waals surface area contributed by atoms with Gasteiger partial charge in [0.1, 0.15) is 11.9 Å². The summed E-state index contributed by atoms with van der Waals surface area (Å²) in [5.41, 5.74) is 0.430. The second-order valence-corrected chi connectivity index (χ2v) is 6.43. The van der Waals surface area contributed by atoms with Crippen LogP contribution in [-0.4, -0.2) is 52.5 Å². The summed E-state index contributed by atoms with van der Waals surface area (Å²) < 4.78 is 13.0. The molecule has 0 saturated heterocycles. The van der Waals surface area contributed by atoms with Gasteiger partial charge in [0, 0.05) is 12.2 Å². The maximum absolute atomic E-state index is 13.0. The molecule has 0 bridgehead atoms. The number of nitrogens with zero attached hydrogens (tertiary/aromatic N) is 2. The smallest absolute Gasteiger partial charge is 0.251 e. The van der Waals surface area contributed by atoms with E-state index >= 15 is 0 Å². The van der Waals surface area contributed by atoms with Gasteiger partial charge >= 0.3 is 0 Å². The van der Waals surface area contributed by atoms with Crippen LogP contribution in [0, 0.1) is 11.7 Å². The van der Waals surface area contributed by atoms with E-state index < -0.39 is 23.7 Å². The van der Waals surface area contributed by atoms with Crippen molar-refractivity contribution in [3.05, 3.63) is 42.2 Å². The van der Waals surface area contributed by atoms with Crippen molar-refractivity contribution in [1.29, 1.82) is 0 Å². The first-order chi connectivity index (χ1) is 13.0. The molecule has 2 N–H and O–H groups in total. The first-order valence-corrected chi connectivity index (χ1v) is 8.90. The zero-order valence-electron chi connectivity index (χ0n) is 15.2. The van der Waals surface area contributed by atoms with Crippen molar-refractivity contribution in [3.63, 3.8) is 0 Å². The van der Waals surface area contributed by atoms with Crippen LogP contribution >= 0.6 is 0 Å². The Labute approximate surface area is 157 Å². The molecule has 1 aliphatic rings. The van der Waals surface area contributed by atoms with Gasteiger partial charge in [-0.25, -0.2) is 9.45 Å². The molecule has 2 atom stereocenters. The summed E-state index contributed by atoms with van der Waals surface area (Å²) in [6, 6.07) is 4.55. The number of anilines is 1. The Morgan fingerprint density at radius 1 is 1.41 bits per heavy atom. The highest BCUT2D eigenvalue weighted by atomic mass is 19.1. The van der Waals surface area contributed by atoms with Crippen molar-refractivity contribution >= 4 is 23.9 Å². The zero-order valence-corrected chi connectivity index (χ0v) is 15.2. The molecule has 0 radical (unpaired) electrons. The number of carbonyl (C=O) groups is 3. The van der Waals surface area contributed by atoms with Gasteiger partial charge in [-0.2, -0.15) is 0 Å². The Morgan fingerprint density at radius 3 is 2.74 bits per heavy atom. The fraction of sp³-hybridized carbons (Fsp3) is 0.421. The number of unbranched alkanes of at least 4 members (excludes halogenated alkanes) is 1. The van der Waals surface area contributed by atoms with Crippen LogP contribution in [0.15, 0.2) is 36.4 Å². The summed E-state index contributed by atoms with van der Waals surface area (Å²) in [4.78, 5) is 37.6. The Balaban J connectivity index is 2.07. The highest BCUT2D eigenvalue weighted by Crippen LogP contribution is 2.20. The third-order valence-electron chi connectivity index (χ3n) is 4.40. The molecule has 1 aromatic rings. The topological polar surface area (TPSA) is 90.0 Å². The molecular formula is C19H24FN3O4. The van der Waals surface area contributed by atoms with Crippen molar-refractivity contribution < 1.29 is 24.0 Å². The van der Waals surface area contributed by atoms with Crippen LogP contribution in [0.4, 0.5) is 10.1 Å². The number of amides is 3. The van der Waals surface area contributed by atoms with Crippen LogP contribution in [0.5, 0.6) is 0 Å². The monoisotopic (exact) mass is 377 g/mol. The summed E-state index contributed by atoms with van der Waals surface area (Å²) in [5, 5.41) is 12.6. The normalized spacial score (nSPS) is 16.9. The molecular weight excluding hydrogens is 353 g/mol. The lowest BCUT2D eigenvalue weighted by Gasteiger charge is -2.29. The van der Waals surface area contributed by atoms with E-state index in [0.717, 1.165) is 12.8 Å². The number of hydrogen-bond donors (Lipinski definition) is 2. The maximum Gasteiger partial charge on any atom is 0.251 e. The van der Waals surface area contributed by atoms with E-state index in [4.69, 9.17) is 0 Å². The number of rotatable bonds is 9. The molecule has 0 fully saturated rings. The van der Waals surface area contributed by atoms with Gasteiger partial charge < -0.3 is 10.2 Å². The highest BCUT2D eigenvalue weighted by Gasteiger charge is 2.34. The minimum atomic E-state index is -0.796. The van der Waals surface area contributed by atoms with Crippen LogP contribution in [0.25, 0.3) is 0 Å². The van der Waals surface area contributed by atoms with E-state index in [9.17, 15) is 24.0 Å². The predicted octanol–water partition coefficient (Wildman–Crippen LogP) is 2.19. The average molecular weight is 377 g/mol. The second-order valence-electron chi connectivity index (χ2n) is 6.43. The number of benzene rings is 1. The Hall–Kier alpha value is -2.74. The molecule has 27 heavy (non-hydrogen) atoms. The first kappa shape index (κ1) is 20.6. The van der Waals surface area contributed by atoms with Gasteiger partial charge in [0.05, 0.1) is 12.5 Å². The van der Waals surface area contributed by atoms with Crippen LogP contribution < -0.4 is 5.32 Å². The van der Waals surface area contributed by atoms with Gasteiger partial charge in [0.15, 0.2) is 0 Å². The predicted molar refractivity (Wildman–Crippen MR) is 97.2 cm³/mol. The molecule has 1 aliphatic heterocycles. The minimum absolute atomic E-state index is 0.120. The summed E-state index contributed by atoms with van der Waals surface area (Å²) in [7, 11) is 0. The van der Waals surface area contributed by atoms with Crippen molar-refractivity contribution in [2.45, 2.75) is 32.2 Å². The molecule has 1 aromatic carbocycles. The fourth-order valence-electron chi connectivity index (χ4n) is 2.97. The van der Waals surface area contributed by atoms with E-state index in [-0.39, 0.29) is 25.4 Å². The Bertz CT molecular complexity index is 693. The number of halogens is 1. The lowest BCUT2D eigenvalue weighted by atomic mass is 9.99. The van der Waals surface area contributed by atoms with Crippen molar-refractivity contribution in [1.82, 2.24) is 9.96 Å². The number of hydroxylamine groups is 2. The van der Waals surface area contributed by atoms with E-state index in [0.29, 0.717) is 17.2 Å². The van der Waals surface area contributed by atoms with E-state index in [1.807, 2.05) is 6.92 Å². The molecule has 0 saturated carbocycles. The van der Waals surface area contributed by atoms with Crippen LogP contribution in [-0.2, 0) is 14.4 Å². The van der Waals surface area contributed by atoms with Gasteiger partial charge in [-0.3, -0.25) is 19.6 Å². The standard InChI is InChI=1S/C19H24FN3O4/c1-2-3-5-14(12-22(27)13-24)19(26)23-11-4-6-17(23)18(25)21-16-9-7-15(20)8-10-16/h4,6-10,13-14,17,27H,2-3,5,11-12H2,1H3,(H,21,25)/t14-,17+/m1/s1. The third-order valence-corrected chi connectivity index (χ3v) is 4.40. The molecule has 3 amide bonds. The van der Waals surface area contributed by atoms with Gasteiger partial charge in [0.25, 0.3) is 5.91 Å². The van der Waals surface area contributed by atoms with Gasteiger partial charge in [0.2, 0.25) is 12.3 Å². The summed E-state index contributed by atoms with van der Waals surface area (Å²) in [5.74, 6) is -1.71. The third kappa shape index (κ3) is 5.62. The molecule has 7 nitrogen and oxygen atoms in total. The van der Waals surface area contributed by atoms with Crippen molar-refractivity contribution in [2.75, 3.05) is 18.4 Å². The SMILES string of the molecule is CCCC[C@H](CN(O)C=O)C(=O)N1CC=C[C@H]1C(=O)Nc1ccc(F)cc1. The van der Waals surface area contributed by atoms with Crippen LogP contribution in [0.2, 0.25) is 0 Å². The van der Waals surface area contributed by atoms with E-state index in [1.165, 1.54) is 29.2 Å². The molecule has 0 spiro atoms. The van der Waals surface area contributed by atoms with Gasteiger partial charge in [-0.1, -0.05) is 31.9 Å². The maximum atomic E-state index is 13.0. The molecule has 0 aliphatic carbocycles. The lowest BCUT2D eigenvalue weighted by Crippen LogP contribution is -2.47. The zero-order chi connectivity index (χ0) is 19.8. The number of carbonyl (C=O) groups excluding carboxylic acids is 3. The number of nitrogens with one attached hydrogen (secondary N) is 1. The average Bonchev–Trinajstić information content (AvgIpc) is 3.16. The molecule has 2 rings (SSSR count). The quantitative estimate of drug-likeness (QED) is 0.299. The minimum Gasteiger partial charge on any atom is -0.324 e. The first-order valence-electron chi connectivity index (χ1n) is 8.90. The van der Waals surface area contributed by atoms with Gasteiger partial charge in [-0.05, 0) is 30.7 Å². The number of hydrogen-bond acceptors (Lipinski definition) is 4. The summed E-state index contributed by atoms with van der Waals surface area (Å²) >= 11 is 0. The Morgan fingerprint density at radius 2 is 2.11 bits per heavy atom. The summed E-state index contributed by atoms with van der Waals surface area (Å²) in [6.45, 7) is 2.13. The molecule has 0 aromatic heterocycles. The van der Waals surface area contributed by atoms with Crippen LogP contribution in [0.1, 0.15) is 26.2 Å². The van der Waals surface area contributed by atoms with Crippen molar-refractivity contribution in [2.24, 2.45) is 5.92 Å². The molecule has 1 heterocycles. The molecule has 8 heteroatoms. The van der Waals surface area contributed by atoms with Gasteiger partial charge in [-0.15, -0.1) is 0 Å². The summed E-state index contributed by atoms with van der Waals surface area (Å²) in [6.07, 6.45) is 5.74. The highest BCUT2D eigenvalue weighted by molar-refractivity contribution is 5.99. The lowest BCUT2D eigenvalue weighted by molar-refractivity contribution is -0.157. The molecule has 146 valence electrons. The van der Waals surface area contributed by atoms with E-state index in [1.54, 1.807) is 12.2 Å². The second kappa shape index (κ2) is 9.82. The molecule has 0 unspecified atom stereocenters. The Kier molecular flexibility index (Phi) is 7.48.